The molecule has 0 amide bonds. The SMILES string of the molecule is C/C=C\C(=C/NN)CO. The summed E-state index contributed by atoms with van der Waals surface area (Å²) in [4.78, 5) is 0. The highest BCUT2D eigenvalue weighted by Crippen LogP contribution is 1.91. The van der Waals surface area contributed by atoms with Gasteiger partial charge in [0.05, 0.1) is 6.61 Å². The third-order valence-electron chi connectivity index (χ3n) is 0.832. The van der Waals surface area contributed by atoms with Crippen LogP contribution in [0.1, 0.15) is 6.92 Å². The summed E-state index contributed by atoms with van der Waals surface area (Å²) in [5.41, 5.74) is 3.09. The number of hydrogen-bond donors (Lipinski definition) is 3. The second-order valence-electron chi connectivity index (χ2n) is 1.54. The van der Waals surface area contributed by atoms with Crippen LogP contribution in [0, 0.1) is 0 Å². The molecule has 9 heavy (non-hydrogen) atoms. The molecule has 0 aliphatic heterocycles. The Morgan fingerprint density at radius 3 is 2.78 bits per heavy atom. The maximum Gasteiger partial charge on any atom is 0.0696 e. The molecule has 0 bridgehead atoms. The summed E-state index contributed by atoms with van der Waals surface area (Å²) >= 11 is 0. The lowest BCUT2D eigenvalue weighted by atomic mass is 10.3. The summed E-state index contributed by atoms with van der Waals surface area (Å²) in [5, 5.41) is 8.57. The Hall–Kier alpha value is -0.800. The maximum atomic E-state index is 8.57. The van der Waals surface area contributed by atoms with Crippen LogP contribution in [0.4, 0.5) is 0 Å². The van der Waals surface area contributed by atoms with Crippen LogP contribution < -0.4 is 11.3 Å². The number of hydrazine groups is 1. The van der Waals surface area contributed by atoms with Gasteiger partial charge in [-0.2, -0.15) is 0 Å². The van der Waals surface area contributed by atoms with Crippen molar-refractivity contribution in [2.24, 2.45) is 5.84 Å². The lowest BCUT2D eigenvalue weighted by Crippen LogP contribution is -2.14. The predicted molar refractivity (Wildman–Crippen MR) is 37.3 cm³/mol. The monoisotopic (exact) mass is 128 g/mol. The Labute approximate surface area is 54.8 Å². The van der Waals surface area contributed by atoms with Crippen molar-refractivity contribution in [3.05, 3.63) is 23.9 Å². The van der Waals surface area contributed by atoms with E-state index in [1.807, 2.05) is 13.0 Å². The molecule has 0 aromatic rings. The highest BCUT2D eigenvalue weighted by Gasteiger charge is 1.83. The summed E-state index contributed by atoms with van der Waals surface area (Å²) < 4.78 is 0. The van der Waals surface area contributed by atoms with Gasteiger partial charge in [0.1, 0.15) is 0 Å². The molecule has 0 aromatic heterocycles. The molecule has 52 valence electrons. The molecule has 3 heteroatoms. The standard InChI is InChI=1S/C6H12N2O/c1-2-3-6(5-9)4-8-7/h2-4,8-9H,5,7H2,1H3/b3-2-,6-4+. The van der Waals surface area contributed by atoms with Crippen LogP contribution in [0.3, 0.4) is 0 Å². The first kappa shape index (κ1) is 8.20. The van der Waals surface area contributed by atoms with Crippen LogP contribution in [0.2, 0.25) is 0 Å². The molecule has 0 heterocycles. The Kier molecular flexibility index (Phi) is 4.86. The molecule has 0 unspecified atom stereocenters. The van der Waals surface area contributed by atoms with E-state index < -0.39 is 0 Å². The van der Waals surface area contributed by atoms with Crippen LogP contribution in [-0.4, -0.2) is 11.7 Å². The molecule has 0 saturated carbocycles. The van der Waals surface area contributed by atoms with Gasteiger partial charge in [0.15, 0.2) is 0 Å². The molecule has 0 aromatic carbocycles. The minimum Gasteiger partial charge on any atom is -0.392 e. The number of aliphatic hydroxyl groups is 1. The molecule has 0 saturated heterocycles. The zero-order chi connectivity index (χ0) is 7.11. The van der Waals surface area contributed by atoms with Gasteiger partial charge in [-0.25, -0.2) is 0 Å². The van der Waals surface area contributed by atoms with Crippen molar-refractivity contribution in [2.45, 2.75) is 6.92 Å². The number of hydrogen-bond acceptors (Lipinski definition) is 3. The molecule has 0 radical (unpaired) electrons. The van der Waals surface area contributed by atoms with Gasteiger partial charge in [0.2, 0.25) is 0 Å². The van der Waals surface area contributed by atoms with Gasteiger partial charge < -0.3 is 10.5 Å². The van der Waals surface area contributed by atoms with E-state index in [0.717, 1.165) is 5.57 Å². The van der Waals surface area contributed by atoms with Crippen LogP contribution in [-0.2, 0) is 0 Å². The fourth-order valence-corrected chi connectivity index (χ4v) is 0.468. The van der Waals surface area contributed by atoms with E-state index in [4.69, 9.17) is 10.9 Å². The maximum absolute atomic E-state index is 8.57. The lowest BCUT2D eigenvalue weighted by Gasteiger charge is -1.93. The quantitative estimate of drug-likeness (QED) is 0.282. The highest BCUT2D eigenvalue weighted by atomic mass is 16.3. The van der Waals surface area contributed by atoms with Gasteiger partial charge in [-0.15, -0.1) is 0 Å². The van der Waals surface area contributed by atoms with Crippen LogP contribution >= 0.6 is 0 Å². The highest BCUT2D eigenvalue weighted by molar-refractivity contribution is 5.16. The third-order valence-corrected chi connectivity index (χ3v) is 0.832. The van der Waals surface area contributed by atoms with E-state index in [0.29, 0.717) is 0 Å². The molecule has 3 nitrogen and oxygen atoms in total. The number of nitrogens with one attached hydrogen (secondary N) is 1. The van der Waals surface area contributed by atoms with E-state index in [9.17, 15) is 0 Å². The number of aliphatic hydroxyl groups excluding tert-OH is 1. The van der Waals surface area contributed by atoms with Crippen LogP contribution in [0.15, 0.2) is 23.9 Å². The fraction of sp³-hybridized carbons (Fsp3) is 0.333. The molecular formula is C6H12N2O. The first-order valence-corrected chi connectivity index (χ1v) is 2.74. The summed E-state index contributed by atoms with van der Waals surface area (Å²) in [6, 6.07) is 0. The summed E-state index contributed by atoms with van der Waals surface area (Å²) in [6.07, 6.45) is 5.15. The van der Waals surface area contributed by atoms with E-state index in [2.05, 4.69) is 5.43 Å². The molecule has 0 spiro atoms. The first-order chi connectivity index (χ1) is 4.35. The topological polar surface area (TPSA) is 58.3 Å². The van der Waals surface area contributed by atoms with E-state index >= 15 is 0 Å². The Balaban J connectivity index is 3.81. The summed E-state index contributed by atoms with van der Waals surface area (Å²) in [5.74, 6) is 4.96. The van der Waals surface area contributed by atoms with Gasteiger partial charge in [0, 0.05) is 6.20 Å². The van der Waals surface area contributed by atoms with Crippen molar-refractivity contribution in [2.75, 3.05) is 6.61 Å². The smallest absolute Gasteiger partial charge is 0.0696 e. The lowest BCUT2D eigenvalue weighted by molar-refractivity contribution is 0.334. The zero-order valence-electron chi connectivity index (χ0n) is 5.46. The van der Waals surface area contributed by atoms with Gasteiger partial charge in [-0.05, 0) is 12.5 Å². The average molecular weight is 128 g/mol. The Bertz CT molecular complexity index is 118. The largest absolute Gasteiger partial charge is 0.392 e. The van der Waals surface area contributed by atoms with E-state index in [1.165, 1.54) is 0 Å². The van der Waals surface area contributed by atoms with Crippen molar-refractivity contribution < 1.29 is 5.11 Å². The summed E-state index contributed by atoms with van der Waals surface area (Å²) in [7, 11) is 0. The molecule has 4 N–H and O–H groups in total. The normalized spacial score (nSPS) is 12.6. The van der Waals surface area contributed by atoms with Crippen molar-refractivity contribution in [1.29, 1.82) is 0 Å². The molecule has 0 aliphatic carbocycles. The second-order valence-corrected chi connectivity index (χ2v) is 1.54. The zero-order valence-corrected chi connectivity index (χ0v) is 5.46. The molecule has 0 rings (SSSR count). The predicted octanol–water partition coefficient (Wildman–Crippen LogP) is -0.0980. The van der Waals surface area contributed by atoms with Gasteiger partial charge in [0.25, 0.3) is 0 Å². The third kappa shape index (κ3) is 3.76. The van der Waals surface area contributed by atoms with E-state index in [-0.39, 0.29) is 6.61 Å². The van der Waals surface area contributed by atoms with Gasteiger partial charge in [-0.3, -0.25) is 5.84 Å². The van der Waals surface area contributed by atoms with Crippen molar-refractivity contribution in [3.63, 3.8) is 0 Å². The minimum atomic E-state index is 0.00847. The minimum absolute atomic E-state index is 0.00847. The van der Waals surface area contributed by atoms with Crippen molar-refractivity contribution >= 4 is 0 Å². The number of rotatable bonds is 3. The molecule has 0 aliphatic rings. The Morgan fingerprint density at radius 2 is 2.44 bits per heavy atom. The second kappa shape index (κ2) is 5.34. The molecule has 0 fully saturated rings. The van der Waals surface area contributed by atoms with Crippen LogP contribution in [0.25, 0.3) is 0 Å². The number of allylic oxidation sites excluding steroid dienone is 1. The van der Waals surface area contributed by atoms with Gasteiger partial charge >= 0.3 is 0 Å². The fourth-order valence-electron chi connectivity index (χ4n) is 0.468. The molecule has 0 atom stereocenters. The van der Waals surface area contributed by atoms with Crippen molar-refractivity contribution in [3.8, 4) is 0 Å². The average Bonchev–Trinajstić information content (AvgIpc) is 1.88. The molecular weight excluding hydrogens is 116 g/mol. The van der Waals surface area contributed by atoms with E-state index in [1.54, 1.807) is 12.3 Å². The van der Waals surface area contributed by atoms with Crippen molar-refractivity contribution in [1.82, 2.24) is 5.43 Å². The Morgan fingerprint density at radius 1 is 1.78 bits per heavy atom. The van der Waals surface area contributed by atoms with Gasteiger partial charge in [-0.1, -0.05) is 12.2 Å². The number of nitrogens with two attached hydrogens (primary N) is 1. The van der Waals surface area contributed by atoms with Crippen LogP contribution in [0.5, 0.6) is 0 Å². The summed E-state index contributed by atoms with van der Waals surface area (Å²) in [6.45, 7) is 1.88. The first-order valence-electron chi connectivity index (χ1n) is 2.74.